The standard InChI is InChI=1S/C10H18N2OSi/c1-10(5-6-10)8-14(2,3)13-9-4-7-11-12-9/h4,7H,5-6,8H2,1-3H3,(H,11,12). The van der Waals surface area contributed by atoms with Gasteiger partial charge in [-0.25, -0.2) is 5.10 Å². The molecule has 0 atom stereocenters. The predicted octanol–water partition coefficient (Wildman–Crippen LogP) is 2.79. The van der Waals surface area contributed by atoms with Crippen LogP contribution in [0.4, 0.5) is 0 Å². The highest BCUT2D eigenvalue weighted by Gasteiger charge is 2.44. The molecule has 1 aliphatic carbocycles. The van der Waals surface area contributed by atoms with E-state index in [4.69, 9.17) is 4.43 Å². The van der Waals surface area contributed by atoms with E-state index in [-0.39, 0.29) is 0 Å². The Kier molecular flexibility index (Phi) is 2.18. The van der Waals surface area contributed by atoms with E-state index in [0.717, 1.165) is 5.88 Å². The zero-order valence-corrected chi connectivity index (χ0v) is 10.1. The number of rotatable bonds is 4. The summed E-state index contributed by atoms with van der Waals surface area (Å²) in [5.41, 5.74) is 0.579. The second-order valence-electron chi connectivity index (χ2n) is 5.27. The molecule has 2 rings (SSSR count). The average Bonchev–Trinajstić information content (AvgIpc) is 2.60. The van der Waals surface area contributed by atoms with Crippen LogP contribution in [0.1, 0.15) is 19.8 Å². The summed E-state index contributed by atoms with van der Waals surface area (Å²) in [6, 6.07) is 3.14. The quantitative estimate of drug-likeness (QED) is 0.776. The van der Waals surface area contributed by atoms with E-state index in [1.807, 2.05) is 6.07 Å². The van der Waals surface area contributed by atoms with Gasteiger partial charge >= 0.3 is 0 Å². The van der Waals surface area contributed by atoms with Crippen molar-refractivity contribution in [2.75, 3.05) is 0 Å². The molecule has 1 heterocycles. The van der Waals surface area contributed by atoms with Crippen LogP contribution in [0.25, 0.3) is 0 Å². The molecule has 14 heavy (non-hydrogen) atoms. The summed E-state index contributed by atoms with van der Waals surface area (Å²) in [6.45, 7) is 6.91. The fourth-order valence-corrected chi connectivity index (χ4v) is 5.24. The molecular formula is C10H18N2OSi. The molecule has 0 spiro atoms. The molecular weight excluding hydrogens is 192 g/mol. The minimum absolute atomic E-state index is 0.579. The number of nitrogens with zero attached hydrogens (tertiary/aromatic N) is 1. The largest absolute Gasteiger partial charge is 0.531 e. The SMILES string of the molecule is CC1(C[Si](C)(C)Oc2ccn[nH]2)CC1. The Hall–Kier alpha value is -0.773. The van der Waals surface area contributed by atoms with E-state index in [1.165, 1.54) is 18.9 Å². The van der Waals surface area contributed by atoms with Gasteiger partial charge in [0.25, 0.3) is 0 Å². The maximum absolute atomic E-state index is 5.98. The van der Waals surface area contributed by atoms with Gasteiger partial charge in [0.2, 0.25) is 8.32 Å². The molecule has 0 unspecified atom stereocenters. The Morgan fingerprint density at radius 3 is 2.79 bits per heavy atom. The van der Waals surface area contributed by atoms with Crippen molar-refractivity contribution in [3.05, 3.63) is 12.3 Å². The first kappa shape index (κ1) is 9.77. The zero-order valence-electron chi connectivity index (χ0n) is 9.13. The summed E-state index contributed by atoms with van der Waals surface area (Å²) in [5.74, 6) is 0.825. The lowest BCUT2D eigenvalue weighted by Gasteiger charge is -2.25. The fourth-order valence-electron chi connectivity index (χ4n) is 2.05. The summed E-state index contributed by atoms with van der Waals surface area (Å²) >= 11 is 0. The monoisotopic (exact) mass is 210 g/mol. The average molecular weight is 210 g/mol. The van der Waals surface area contributed by atoms with E-state index in [9.17, 15) is 0 Å². The van der Waals surface area contributed by atoms with Crippen molar-refractivity contribution in [3.63, 3.8) is 0 Å². The first-order valence-corrected chi connectivity index (χ1v) is 8.29. The van der Waals surface area contributed by atoms with E-state index in [2.05, 4.69) is 30.2 Å². The lowest BCUT2D eigenvalue weighted by Crippen LogP contribution is -2.36. The minimum Gasteiger partial charge on any atom is -0.531 e. The number of H-pyrrole nitrogens is 1. The van der Waals surface area contributed by atoms with Crippen molar-refractivity contribution >= 4 is 8.32 Å². The highest BCUT2D eigenvalue weighted by Crippen LogP contribution is 2.51. The first-order valence-electron chi connectivity index (χ1n) is 5.18. The highest BCUT2D eigenvalue weighted by atomic mass is 28.4. The minimum atomic E-state index is -1.55. The molecule has 4 heteroatoms. The molecule has 0 bridgehead atoms. The van der Waals surface area contributed by atoms with E-state index >= 15 is 0 Å². The summed E-state index contributed by atoms with van der Waals surface area (Å²) in [5, 5.41) is 6.75. The van der Waals surface area contributed by atoms with Gasteiger partial charge in [0, 0.05) is 6.07 Å². The van der Waals surface area contributed by atoms with Gasteiger partial charge in [-0.15, -0.1) is 0 Å². The van der Waals surface area contributed by atoms with Crippen LogP contribution >= 0.6 is 0 Å². The van der Waals surface area contributed by atoms with Gasteiger partial charge < -0.3 is 4.43 Å². The van der Waals surface area contributed by atoms with Gasteiger partial charge in [-0.2, -0.15) is 5.10 Å². The molecule has 1 aliphatic rings. The molecule has 3 nitrogen and oxygen atoms in total. The van der Waals surface area contributed by atoms with Crippen LogP contribution in [-0.2, 0) is 0 Å². The van der Waals surface area contributed by atoms with Gasteiger partial charge in [0.15, 0.2) is 5.88 Å². The number of hydrogen-bond donors (Lipinski definition) is 1. The van der Waals surface area contributed by atoms with Crippen LogP contribution in [0, 0.1) is 5.41 Å². The number of aromatic amines is 1. The van der Waals surface area contributed by atoms with Crippen LogP contribution < -0.4 is 4.43 Å². The van der Waals surface area contributed by atoms with Crippen molar-refractivity contribution in [2.45, 2.75) is 38.9 Å². The smallest absolute Gasteiger partial charge is 0.247 e. The summed E-state index contributed by atoms with van der Waals surface area (Å²) in [4.78, 5) is 0. The van der Waals surface area contributed by atoms with E-state index < -0.39 is 8.32 Å². The normalized spacial score (nSPS) is 19.4. The van der Waals surface area contributed by atoms with Gasteiger partial charge in [-0.3, -0.25) is 0 Å². The molecule has 0 aliphatic heterocycles. The van der Waals surface area contributed by atoms with Crippen LogP contribution in [0.5, 0.6) is 5.88 Å². The third kappa shape index (κ3) is 2.38. The Balaban J connectivity index is 1.95. The van der Waals surface area contributed by atoms with Crippen molar-refractivity contribution in [2.24, 2.45) is 5.41 Å². The molecule has 0 radical (unpaired) electrons. The number of hydrogen-bond acceptors (Lipinski definition) is 2. The molecule has 78 valence electrons. The number of nitrogens with one attached hydrogen (secondary N) is 1. The van der Waals surface area contributed by atoms with E-state index in [0.29, 0.717) is 5.41 Å². The molecule has 1 aromatic rings. The third-order valence-corrected chi connectivity index (χ3v) is 5.29. The van der Waals surface area contributed by atoms with Gasteiger partial charge in [0.05, 0.1) is 6.20 Å². The summed E-state index contributed by atoms with van der Waals surface area (Å²) in [6.07, 6.45) is 4.48. The van der Waals surface area contributed by atoms with Crippen molar-refractivity contribution in [3.8, 4) is 5.88 Å². The highest BCUT2D eigenvalue weighted by molar-refractivity contribution is 6.72. The molecule has 1 saturated carbocycles. The van der Waals surface area contributed by atoms with E-state index in [1.54, 1.807) is 6.20 Å². The Morgan fingerprint density at radius 1 is 1.57 bits per heavy atom. The summed E-state index contributed by atoms with van der Waals surface area (Å²) < 4.78 is 5.98. The summed E-state index contributed by atoms with van der Waals surface area (Å²) in [7, 11) is -1.55. The van der Waals surface area contributed by atoms with Gasteiger partial charge in [-0.1, -0.05) is 6.92 Å². The molecule has 0 saturated heterocycles. The van der Waals surface area contributed by atoms with Crippen LogP contribution in [0.15, 0.2) is 12.3 Å². The number of aromatic nitrogens is 2. The zero-order chi connectivity index (χ0) is 10.2. The van der Waals surface area contributed by atoms with Crippen LogP contribution in [-0.4, -0.2) is 18.5 Å². The lowest BCUT2D eigenvalue weighted by molar-refractivity contribution is 0.495. The molecule has 0 amide bonds. The Morgan fingerprint density at radius 2 is 2.29 bits per heavy atom. The maximum Gasteiger partial charge on any atom is 0.247 e. The van der Waals surface area contributed by atoms with Gasteiger partial charge in [-0.05, 0) is 37.4 Å². The predicted molar refractivity (Wildman–Crippen MR) is 58.8 cm³/mol. The topological polar surface area (TPSA) is 37.9 Å². The van der Waals surface area contributed by atoms with Crippen molar-refractivity contribution in [1.29, 1.82) is 0 Å². The van der Waals surface area contributed by atoms with Crippen LogP contribution in [0.3, 0.4) is 0 Å². The molecule has 1 fully saturated rings. The third-order valence-electron chi connectivity index (χ3n) is 2.82. The first-order chi connectivity index (χ1) is 6.49. The molecule has 1 N–H and O–H groups in total. The maximum atomic E-state index is 5.98. The molecule has 0 aromatic carbocycles. The van der Waals surface area contributed by atoms with Crippen molar-refractivity contribution in [1.82, 2.24) is 10.2 Å². The van der Waals surface area contributed by atoms with Gasteiger partial charge in [0.1, 0.15) is 0 Å². The fraction of sp³-hybridized carbons (Fsp3) is 0.700. The second kappa shape index (κ2) is 3.12. The Bertz CT molecular complexity index is 304. The lowest BCUT2D eigenvalue weighted by atomic mass is 10.2. The Labute approximate surface area is 86.0 Å². The van der Waals surface area contributed by atoms with Crippen molar-refractivity contribution < 1.29 is 4.43 Å². The molecule has 1 aromatic heterocycles. The second-order valence-corrected chi connectivity index (χ2v) is 9.35. The van der Waals surface area contributed by atoms with Crippen LogP contribution in [0.2, 0.25) is 19.1 Å².